The summed E-state index contributed by atoms with van der Waals surface area (Å²) in [5.41, 5.74) is 4.58. The van der Waals surface area contributed by atoms with Gasteiger partial charge >= 0.3 is 0 Å². The normalized spacial score (nSPS) is 21.8. The van der Waals surface area contributed by atoms with Crippen LogP contribution in [0.25, 0.3) is 0 Å². The molecule has 4 rings (SSSR count). The van der Waals surface area contributed by atoms with Gasteiger partial charge in [-0.3, -0.25) is 4.79 Å². The standard InChI is InChI=1S/C20H20N2O2/c1-13(23)22-20(14-6-4-3-5-7-14)18-10-8-15-12-16(24-2)9-11-17(15)19(18)21-22/h3-7,9,11-12,18,20H,8,10H2,1-2H3/t18-,20+/m0/s1. The van der Waals surface area contributed by atoms with Crippen molar-refractivity contribution in [3.05, 3.63) is 65.2 Å². The molecule has 24 heavy (non-hydrogen) atoms. The smallest absolute Gasteiger partial charge is 0.240 e. The van der Waals surface area contributed by atoms with Crippen molar-refractivity contribution in [1.82, 2.24) is 5.01 Å². The lowest BCUT2D eigenvalue weighted by Crippen LogP contribution is -2.30. The Kier molecular flexibility index (Phi) is 3.60. The van der Waals surface area contributed by atoms with Crippen LogP contribution in [0, 0.1) is 5.92 Å². The number of amides is 1. The predicted molar refractivity (Wildman–Crippen MR) is 93.0 cm³/mol. The maximum atomic E-state index is 12.2. The minimum absolute atomic E-state index is 0.00560. The van der Waals surface area contributed by atoms with Crippen molar-refractivity contribution in [3.63, 3.8) is 0 Å². The van der Waals surface area contributed by atoms with Crippen LogP contribution < -0.4 is 4.74 Å². The first-order valence-corrected chi connectivity index (χ1v) is 8.29. The number of hydrogen-bond acceptors (Lipinski definition) is 3. The maximum Gasteiger partial charge on any atom is 0.240 e. The van der Waals surface area contributed by atoms with Crippen molar-refractivity contribution in [2.24, 2.45) is 11.0 Å². The summed E-state index contributed by atoms with van der Waals surface area (Å²) in [5, 5.41) is 6.39. The number of carbonyl (C=O) groups excluding carboxylic acids is 1. The fourth-order valence-electron chi connectivity index (χ4n) is 3.88. The molecule has 2 aromatic carbocycles. The summed E-state index contributed by atoms with van der Waals surface area (Å²) in [6, 6.07) is 16.3. The molecule has 0 N–H and O–H groups in total. The van der Waals surface area contributed by atoms with E-state index in [9.17, 15) is 4.79 Å². The molecule has 1 heterocycles. The molecule has 1 aliphatic heterocycles. The number of rotatable bonds is 2. The Morgan fingerprint density at radius 1 is 1.21 bits per heavy atom. The summed E-state index contributed by atoms with van der Waals surface area (Å²) in [6.07, 6.45) is 1.97. The van der Waals surface area contributed by atoms with E-state index in [1.165, 1.54) is 5.56 Å². The van der Waals surface area contributed by atoms with E-state index in [0.29, 0.717) is 0 Å². The summed E-state index contributed by atoms with van der Waals surface area (Å²) in [4.78, 5) is 12.2. The van der Waals surface area contributed by atoms with Gasteiger partial charge in [0.15, 0.2) is 0 Å². The molecule has 0 radical (unpaired) electrons. The van der Waals surface area contributed by atoms with Gasteiger partial charge in [-0.05, 0) is 42.2 Å². The van der Waals surface area contributed by atoms with E-state index in [-0.39, 0.29) is 17.9 Å². The van der Waals surface area contributed by atoms with Gasteiger partial charge in [0.05, 0.1) is 18.9 Å². The number of benzene rings is 2. The minimum Gasteiger partial charge on any atom is -0.497 e. The Labute approximate surface area is 141 Å². The second kappa shape index (κ2) is 5.78. The lowest BCUT2D eigenvalue weighted by Gasteiger charge is -2.29. The fraction of sp³-hybridized carbons (Fsp3) is 0.300. The third-order valence-corrected chi connectivity index (χ3v) is 4.99. The third kappa shape index (κ3) is 2.30. The van der Waals surface area contributed by atoms with Gasteiger partial charge in [0.1, 0.15) is 5.75 Å². The predicted octanol–water partition coefficient (Wildman–Crippen LogP) is 3.57. The second-order valence-corrected chi connectivity index (χ2v) is 6.37. The van der Waals surface area contributed by atoms with Crippen LogP contribution in [-0.4, -0.2) is 23.7 Å². The zero-order valence-electron chi connectivity index (χ0n) is 13.9. The Morgan fingerprint density at radius 3 is 2.71 bits per heavy atom. The first kappa shape index (κ1) is 14.9. The zero-order valence-corrected chi connectivity index (χ0v) is 13.9. The van der Waals surface area contributed by atoms with Crippen LogP contribution in [0.5, 0.6) is 5.75 Å². The van der Waals surface area contributed by atoms with Gasteiger partial charge < -0.3 is 4.74 Å². The van der Waals surface area contributed by atoms with Gasteiger partial charge in [-0.25, -0.2) is 5.01 Å². The van der Waals surface area contributed by atoms with Gasteiger partial charge in [-0.1, -0.05) is 30.3 Å². The van der Waals surface area contributed by atoms with Crippen LogP contribution in [-0.2, 0) is 11.2 Å². The molecule has 0 spiro atoms. The van der Waals surface area contributed by atoms with Gasteiger partial charge in [-0.15, -0.1) is 0 Å². The van der Waals surface area contributed by atoms with E-state index in [2.05, 4.69) is 24.3 Å². The van der Waals surface area contributed by atoms with Crippen LogP contribution in [0.3, 0.4) is 0 Å². The SMILES string of the molecule is COc1ccc2c(c1)CC[C@H]1C2=NN(C(C)=O)[C@@H]1c1ccccc1. The average Bonchev–Trinajstić information content (AvgIpc) is 3.02. The Morgan fingerprint density at radius 2 is 2.00 bits per heavy atom. The van der Waals surface area contributed by atoms with Crippen LogP contribution in [0.2, 0.25) is 0 Å². The average molecular weight is 320 g/mol. The summed E-state index contributed by atoms with van der Waals surface area (Å²) in [5.74, 6) is 1.10. The Hall–Kier alpha value is -2.62. The zero-order chi connectivity index (χ0) is 16.7. The van der Waals surface area contributed by atoms with Gasteiger partial charge in [-0.2, -0.15) is 5.10 Å². The molecule has 4 heteroatoms. The van der Waals surface area contributed by atoms with Crippen molar-refractivity contribution >= 4 is 11.6 Å². The quantitative estimate of drug-likeness (QED) is 0.849. The van der Waals surface area contributed by atoms with E-state index in [1.54, 1.807) is 19.0 Å². The van der Waals surface area contributed by atoms with Crippen molar-refractivity contribution in [2.45, 2.75) is 25.8 Å². The topological polar surface area (TPSA) is 41.9 Å². The number of nitrogens with zero attached hydrogens (tertiary/aromatic N) is 2. The van der Waals surface area contributed by atoms with Crippen molar-refractivity contribution < 1.29 is 9.53 Å². The van der Waals surface area contributed by atoms with Gasteiger partial charge in [0.2, 0.25) is 5.91 Å². The van der Waals surface area contributed by atoms with E-state index in [1.807, 2.05) is 24.3 Å². The molecule has 2 aliphatic rings. The van der Waals surface area contributed by atoms with Crippen LogP contribution >= 0.6 is 0 Å². The van der Waals surface area contributed by atoms with E-state index in [4.69, 9.17) is 9.84 Å². The number of carbonyl (C=O) groups is 1. The summed E-state index contributed by atoms with van der Waals surface area (Å²) >= 11 is 0. The fourth-order valence-corrected chi connectivity index (χ4v) is 3.88. The maximum absolute atomic E-state index is 12.2. The monoisotopic (exact) mass is 320 g/mol. The van der Waals surface area contributed by atoms with Gasteiger partial charge in [0, 0.05) is 18.4 Å². The largest absolute Gasteiger partial charge is 0.497 e. The number of ether oxygens (including phenoxy) is 1. The van der Waals surface area contributed by atoms with Crippen LogP contribution in [0.15, 0.2) is 53.6 Å². The number of hydrogen-bond donors (Lipinski definition) is 0. The van der Waals surface area contributed by atoms with Crippen LogP contribution in [0.4, 0.5) is 0 Å². The molecule has 0 saturated heterocycles. The molecule has 1 aliphatic carbocycles. The van der Waals surface area contributed by atoms with E-state index >= 15 is 0 Å². The molecule has 122 valence electrons. The highest BCUT2D eigenvalue weighted by Crippen LogP contribution is 2.43. The van der Waals surface area contributed by atoms with E-state index in [0.717, 1.165) is 35.4 Å². The number of hydrazone groups is 1. The first-order valence-electron chi connectivity index (χ1n) is 8.29. The number of methoxy groups -OCH3 is 1. The lowest BCUT2D eigenvalue weighted by molar-refractivity contribution is -0.131. The van der Waals surface area contributed by atoms with Crippen molar-refractivity contribution in [3.8, 4) is 5.75 Å². The molecule has 0 bridgehead atoms. The molecular formula is C20H20N2O2. The number of fused-ring (bicyclic) bond motifs is 3. The molecule has 0 fully saturated rings. The highest BCUT2D eigenvalue weighted by Gasteiger charge is 2.42. The number of aryl methyl sites for hydroxylation is 1. The lowest BCUT2D eigenvalue weighted by atomic mass is 9.77. The molecule has 2 aromatic rings. The van der Waals surface area contributed by atoms with E-state index < -0.39 is 0 Å². The summed E-state index contributed by atoms with van der Waals surface area (Å²) in [7, 11) is 1.68. The highest BCUT2D eigenvalue weighted by molar-refractivity contribution is 6.06. The molecular weight excluding hydrogens is 300 g/mol. The summed E-state index contributed by atoms with van der Waals surface area (Å²) < 4.78 is 5.34. The molecule has 1 amide bonds. The van der Waals surface area contributed by atoms with Crippen molar-refractivity contribution in [2.75, 3.05) is 7.11 Å². The summed E-state index contributed by atoms with van der Waals surface area (Å²) in [6.45, 7) is 1.59. The molecule has 0 unspecified atom stereocenters. The van der Waals surface area contributed by atoms with Crippen molar-refractivity contribution in [1.29, 1.82) is 0 Å². The minimum atomic E-state index is -0.0131. The third-order valence-electron chi connectivity index (χ3n) is 4.99. The first-order chi connectivity index (χ1) is 11.7. The Bertz CT molecular complexity index is 814. The highest BCUT2D eigenvalue weighted by atomic mass is 16.5. The Balaban J connectivity index is 1.79. The van der Waals surface area contributed by atoms with Crippen LogP contribution in [0.1, 0.15) is 36.1 Å². The molecule has 2 atom stereocenters. The second-order valence-electron chi connectivity index (χ2n) is 6.37. The van der Waals surface area contributed by atoms with Gasteiger partial charge in [0.25, 0.3) is 0 Å². The molecule has 0 aromatic heterocycles. The molecule has 4 nitrogen and oxygen atoms in total. The molecule has 0 saturated carbocycles.